The number of benzene rings is 2. The van der Waals surface area contributed by atoms with Crippen LogP contribution in [0.4, 0.5) is 9.59 Å². The van der Waals surface area contributed by atoms with Crippen molar-refractivity contribution in [3.63, 3.8) is 0 Å². The zero-order chi connectivity index (χ0) is 31.4. The van der Waals surface area contributed by atoms with Gasteiger partial charge in [-0.3, -0.25) is 0 Å². The van der Waals surface area contributed by atoms with Crippen LogP contribution in [0.25, 0.3) is 0 Å². The van der Waals surface area contributed by atoms with Crippen molar-refractivity contribution in [3.05, 3.63) is 58.7 Å². The number of rotatable bonds is 6. The van der Waals surface area contributed by atoms with Crippen molar-refractivity contribution in [2.45, 2.75) is 96.7 Å². The van der Waals surface area contributed by atoms with E-state index in [0.29, 0.717) is 38.0 Å². The summed E-state index contributed by atoms with van der Waals surface area (Å²) in [5, 5.41) is 0. The molecule has 43 heavy (non-hydrogen) atoms. The fraction of sp³-hybridized carbons (Fsp3) is 0.600. The highest BCUT2D eigenvalue weighted by molar-refractivity contribution is 5.68. The largest absolute Gasteiger partial charge is 0.497 e. The van der Waals surface area contributed by atoms with Gasteiger partial charge >= 0.3 is 12.2 Å². The highest BCUT2D eigenvalue weighted by Crippen LogP contribution is 2.38. The fourth-order valence-electron chi connectivity index (χ4n) is 6.13. The number of piperidine rings is 2. The van der Waals surface area contributed by atoms with E-state index in [0.717, 1.165) is 43.6 Å². The zero-order valence-corrected chi connectivity index (χ0v) is 27.3. The van der Waals surface area contributed by atoms with E-state index < -0.39 is 11.2 Å². The van der Waals surface area contributed by atoms with Crippen LogP contribution in [-0.4, -0.2) is 73.6 Å². The van der Waals surface area contributed by atoms with Gasteiger partial charge in [0.15, 0.2) is 0 Å². The second-order valence-electron chi connectivity index (χ2n) is 13.8. The van der Waals surface area contributed by atoms with E-state index in [1.807, 2.05) is 63.5 Å². The molecule has 0 unspecified atom stereocenters. The molecule has 0 saturated carbocycles. The maximum Gasteiger partial charge on any atom is 0.410 e. The minimum Gasteiger partial charge on any atom is -0.497 e. The molecule has 0 aliphatic carbocycles. The van der Waals surface area contributed by atoms with Crippen molar-refractivity contribution >= 4 is 12.2 Å². The van der Waals surface area contributed by atoms with Crippen LogP contribution in [0.1, 0.15) is 101 Å². The number of amides is 2. The van der Waals surface area contributed by atoms with Crippen molar-refractivity contribution in [1.29, 1.82) is 0 Å². The van der Waals surface area contributed by atoms with Crippen LogP contribution in [0.2, 0.25) is 0 Å². The number of hydrogen-bond donors (Lipinski definition) is 0. The van der Waals surface area contributed by atoms with Gasteiger partial charge in [0.05, 0.1) is 14.2 Å². The second kappa shape index (κ2) is 13.5. The molecule has 0 N–H and O–H groups in total. The van der Waals surface area contributed by atoms with Crippen LogP contribution >= 0.6 is 0 Å². The number of nitrogens with zero attached hydrogens (tertiary/aromatic N) is 2. The molecular formula is C35H50N2O6. The summed E-state index contributed by atoms with van der Waals surface area (Å²) in [5.41, 5.74) is 4.07. The van der Waals surface area contributed by atoms with Crippen LogP contribution in [-0.2, 0) is 15.9 Å². The van der Waals surface area contributed by atoms with Crippen molar-refractivity contribution in [1.82, 2.24) is 9.80 Å². The van der Waals surface area contributed by atoms with E-state index in [-0.39, 0.29) is 12.2 Å². The summed E-state index contributed by atoms with van der Waals surface area (Å²) in [5.74, 6) is 2.34. The molecule has 4 rings (SSSR count). The van der Waals surface area contributed by atoms with E-state index in [1.165, 1.54) is 22.3 Å². The van der Waals surface area contributed by atoms with Crippen LogP contribution in [0.3, 0.4) is 0 Å². The molecule has 236 valence electrons. The molecule has 2 heterocycles. The van der Waals surface area contributed by atoms with E-state index in [4.69, 9.17) is 18.9 Å². The third-order valence-electron chi connectivity index (χ3n) is 8.25. The van der Waals surface area contributed by atoms with Gasteiger partial charge in [-0.1, -0.05) is 12.1 Å². The predicted octanol–water partition coefficient (Wildman–Crippen LogP) is 7.52. The van der Waals surface area contributed by atoms with Gasteiger partial charge in [-0.2, -0.15) is 0 Å². The van der Waals surface area contributed by atoms with Gasteiger partial charge < -0.3 is 28.7 Å². The quantitative estimate of drug-likeness (QED) is 0.344. The lowest BCUT2D eigenvalue weighted by Gasteiger charge is -2.35. The van der Waals surface area contributed by atoms with E-state index >= 15 is 0 Å². The Morgan fingerprint density at radius 2 is 1.00 bits per heavy atom. The summed E-state index contributed by atoms with van der Waals surface area (Å²) in [7, 11) is 3.40. The normalized spacial score (nSPS) is 17.0. The molecule has 2 aromatic carbocycles. The highest BCUT2D eigenvalue weighted by Gasteiger charge is 2.31. The summed E-state index contributed by atoms with van der Waals surface area (Å²) in [6.45, 7) is 14.1. The molecule has 0 aromatic heterocycles. The Labute approximate surface area is 257 Å². The number of likely N-dealkylation sites (tertiary alicyclic amines) is 2. The molecule has 2 aliphatic heterocycles. The Bertz CT molecular complexity index is 1160. The zero-order valence-electron chi connectivity index (χ0n) is 27.3. The molecule has 0 atom stereocenters. The first kappa shape index (κ1) is 32.5. The summed E-state index contributed by atoms with van der Waals surface area (Å²) < 4.78 is 22.5. The van der Waals surface area contributed by atoms with E-state index in [1.54, 1.807) is 14.2 Å². The predicted molar refractivity (Wildman–Crippen MR) is 168 cm³/mol. The van der Waals surface area contributed by atoms with Gasteiger partial charge in [0.2, 0.25) is 0 Å². The number of carbonyl (C=O) groups is 2. The molecule has 8 heteroatoms. The lowest BCUT2D eigenvalue weighted by atomic mass is 9.81. The average Bonchev–Trinajstić information content (AvgIpc) is 2.95. The molecule has 2 saturated heterocycles. The molecule has 8 nitrogen and oxygen atoms in total. The summed E-state index contributed by atoms with van der Waals surface area (Å²) >= 11 is 0. The smallest absolute Gasteiger partial charge is 0.410 e. The Balaban J connectivity index is 1.53. The molecule has 2 aromatic rings. The Hall–Kier alpha value is -3.42. The lowest BCUT2D eigenvalue weighted by Crippen LogP contribution is -2.41. The maximum absolute atomic E-state index is 12.7. The van der Waals surface area contributed by atoms with Gasteiger partial charge in [-0.25, -0.2) is 9.59 Å². The summed E-state index contributed by atoms with van der Waals surface area (Å²) in [4.78, 5) is 29.0. The fourth-order valence-corrected chi connectivity index (χ4v) is 6.13. The second-order valence-corrected chi connectivity index (χ2v) is 13.8. The molecule has 0 bridgehead atoms. The first-order chi connectivity index (χ1) is 20.3. The SMILES string of the molecule is COc1ccc(C2CCN(C(=O)OC(C)(C)C)CC2)c(Cc2cc(OC)ccc2C2CCN(C(=O)OC(C)(C)C)CC2)c1. The van der Waals surface area contributed by atoms with E-state index in [9.17, 15) is 9.59 Å². The topological polar surface area (TPSA) is 77.5 Å². The third-order valence-corrected chi connectivity index (χ3v) is 8.25. The van der Waals surface area contributed by atoms with Crippen LogP contribution in [0.5, 0.6) is 11.5 Å². The van der Waals surface area contributed by atoms with E-state index in [2.05, 4.69) is 24.3 Å². The number of carbonyl (C=O) groups excluding carboxylic acids is 2. The summed E-state index contributed by atoms with van der Waals surface area (Å²) in [6.07, 6.45) is 3.80. The van der Waals surface area contributed by atoms with Crippen LogP contribution in [0.15, 0.2) is 36.4 Å². The Morgan fingerprint density at radius 3 is 1.30 bits per heavy atom. The third kappa shape index (κ3) is 8.80. The maximum atomic E-state index is 12.7. The first-order valence-electron chi connectivity index (χ1n) is 15.6. The van der Waals surface area contributed by atoms with Gasteiger partial charge in [-0.15, -0.1) is 0 Å². The minimum atomic E-state index is -0.502. The van der Waals surface area contributed by atoms with Gasteiger partial charge in [0, 0.05) is 26.2 Å². The molecular weight excluding hydrogens is 544 g/mol. The number of methoxy groups -OCH3 is 2. The lowest BCUT2D eigenvalue weighted by molar-refractivity contribution is 0.0194. The molecule has 0 spiro atoms. The Morgan fingerprint density at radius 1 is 0.651 bits per heavy atom. The molecule has 2 fully saturated rings. The van der Waals surface area contributed by atoms with Crippen molar-refractivity contribution in [2.75, 3.05) is 40.4 Å². The molecule has 0 radical (unpaired) electrons. The van der Waals surface area contributed by atoms with Gasteiger partial charge in [0.1, 0.15) is 22.7 Å². The highest BCUT2D eigenvalue weighted by atomic mass is 16.6. The Kier molecular flexibility index (Phi) is 10.2. The standard InChI is InChI=1S/C35H50N2O6/c1-34(2,3)42-32(38)36-17-13-24(14-18-36)30-11-9-28(40-7)22-26(30)21-27-23-29(41-8)10-12-31(27)25-15-19-37(20-16-25)33(39)43-35(4,5)6/h9-12,22-25H,13-21H2,1-8H3. The van der Waals surface area contributed by atoms with Crippen molar-refractivity contribution in [2.24, 2.45) is 0 Å². The average molecular weight is 595 g/mol. The van der Waals surface area contributed by atoms with Crippen molar-refractivity contribution < 1.29 is 28.5 Å². The first-order valence-corrected chi connectivity index (χ1v) is 15.6. The number of ether oxygens (including phenoxy) is 4. The summed E-state index contributed by atoms with van der Waals surface area (Å²) in [6, 6.07) is 12.8. The van der Waals surface area contributed by atoms with Gasteiger partial charge in [-0.05, 0) is 132 Å². The van der Waals surface area contributed by atoms with Crippen molar-refractivity contribution in [3.8, 4) is 11.5 Å². The monoisotopic (exact) mass is 594 g/mol. The minimum absolute atomic E-state index is 0.236. The molecule has 2 aliphatic rings. The van der Waals surface area contributed by atoms with Gasteiger partial charge in [0.25, 0.3) is 0 Å². The number of hydrogen-bond acceptors (Lipinski definition) is 6. The molecule has 2 amide bonds. The van der Waals surface area contributed by atoms with Crippen LogP contribution in [0, 0.1) is 0 Å². The van der Waals surface area contributed by atoms with Crippen LogP contribution < -0.4 is 9.47 Å².